The molecular formula is C23H21Cl2NO5S. The first-order chi connectivity index (χ1) is 15.2. The van der Waals surface area contributed by atoms with Gasteiger partial charge in [0.15, 0.2) is 6.61 Å². The third-order valence-electron chi connectivity index (χ3n) is 4.51. The molecule has 0 saturated carbocycles. The highest BCUT2D eigenvalue weighted by atomic mass is 35.5. The Morgan fingerprint density at radius 2 is 1.66 bits per heavy atom. The SMILES string of the molecule is COc1ccc(Cc2c(Cl)cc(OCC(=O)NS(C)(=O)=O)cc2Cl)cc1-c1ccccc1. The maximum atomic E-state index is 11.6. The number of methoxy groups -OCH3 is 1. The lowest BCUT2D eigenvalue weighted by Gasteiger charge is -2.14. The highest BCUT2D eigenvalue weighted by Gasteiger charge is 2.14. The summed E-state index contributed by atoms with van der Waals surface area (Å²) in [5.41, 5.74) is 3.66. The molecule has 9 heteroatoms. The van der Waals surface area contributed by atoms with Gasteiger partial charge < -0.3 is 9.47 Å². The molecule has 1 N–H and O–H groups in total. The minimum absolute atomic E-state index is 0.257. The molecule has 0 aliphatic heterocycles. The molecule has 3 rings (SSSR count). The van der Waals surface area contributed by atoms with Gasteiger partial charge in [0, 0.05) is 22.0 Å². The summed E-state index contributed by atoms with van der Waals surface area (Å²) < 4.78 is 34.8. The van der Waals surface area contributed by atoms with Gasteiger partial charge in [-0.1, -0.05) is 59.6 Å². The van der Waals surface area contributed by atoms with Gasteiger partial charge >= 0.3 is 0 Å². The number of amides is 1. The van der Waals surface area contributed by atoms with Crippen molar-refractivity contribution in [2.24, 2.45) is 0 Å². The lowest BCUT2D eigenvalue weighted by atomic mass is 9.98. The molecule has 0 spiro atoms. The molecule has 0 fully saturated rings. The van der Waals surface area contributed by atoms with Crippen molar-refractivity contribution in [2.45, 2.75) is 6.42 Å². The number of ether oxygens (including phenoxy) is 2. The molecule has 32 heavy (non-hydrogen) atoms. The van der Waals surface area contributed by atoms with Crippen LogP contribution in [-0.4, -0.2) is 34.3 Å². The van der Waals surface area contributed by atoms with E-state index in [1.165, 1.54) is 12.1 Å². The summed E-state index contributed by atoms with van der Waals surface area (Å²) in [5.74, 6) is 0.218. The normalized spacial score (nSPS) is 11.1. The summed E-state index contributed by atoms with van der Waals surface area (Å²) in [4.78, 5) is 11.6. The van der Waals surface area contributed by atoms with E-state index in [9.17, 15) is 13.2 Å². The second-order valence-corrected chi connectivity index (χ2v) is 9.59. The van der Waals surface area contributed by atoms with Gasteiger partial charge in [0.1, 0.15) is 11.5 Å². The predicted octanol–water partition coefficient (Wildman–Crippen LogP) is 4.71. The van der Waals surface area contributed by atoms with Gasteiger partial charge in [-0.15, -0.1) is 0 Å². The molecule has 0 atom stereocenters. The summed E-state index contributed by atoms with van der Waals surface area (Å²) in [6, 6.07) is 18.8. The molecule has 0 radical (unpaired) electrons. The van der Waals surface area contributed by atoms with Crippen molar-refractivity contribution in [3.63, 3.8) is 0 Å². The molecule has 3 aromatic carbocycles. The standard InChI is InChI=1S/C23H21Cl2NO5S/c1-30-22-9-8-15(10-18(22)16-6-4-3-5-7-16)11-19-20(24)12-17(13-21(19)25)31-14-23(27)26-32(2,28)29/h3-10,12-13H,11,14H2,1-2H3,(H,26,27). The zero-order valence-electron chi connectivity index (χ0n) is 17.4. The fourth-order valence-electron chi connectivity index (χ4n) is 3.13. The third kappa shape index (κ3) is 6.38. The molecule has 0 aliphatic carbocycles. The molecule has 0 unspecified atom stereocenters. The topological polar surface area (TPSA) is 81.7 Å². The van der Waals surface area contributed by atoms with Crippen LogP contribution in [0.2, 0.25) is 10.0 Å². The van der Waals surface area contributed by atoms with Gasteiger partial charge in [-0.25, -0.2) is 8.42 Å². The third-order valence-corrected chi connectivity index (χ3v) is 5.79. The molecule has 3 aromatic rings. The van der Waals surface area contributed by atoms with E-state index in [1.54, 1.807) is 7.11 Å². The number of hydrogen-bond acceptors (Lipinski definition) is 5. The first-order valence-corrected chi connectivity index (χ1v) is 12.1. The summed E-state index contributed by atoms with van der Waals surface area (Å²) in [6.07, 6.45) is 1.35. The molecule has 0 aromatic heterocycles. The van der Waals surface area contributed by atoms with Crippen molar-refractivity contribution in [1.82, 2.24) is 4.72 Å². The van der Waals surface area contributed by atoms with Crippen molar-refractivity contribution in [2.75, 3.05) is 20.0 Å². The maximum Gasteiger partial charge on any atom is 0.271 e. The van der Waals surface area contributed by atoms with Crippen LogP contribution < -0.4 is 14.2 Å². The average Bonchev–Trinajstić information content (AvgIpc) is 2.74. The van der Waals surface area contributed by atoms with E-state index >= 15 is 0 Å². The monoisotopic (exact) mass is 493 g/mol. The zero-order valence-corrected chi connectivity index (χ0v) is 19.7. The number of nitrogens with one attached hydrogen (secondary N) is 1. The minimum atomic E-state index is -3.65. The lowest BCUT2D eigenvalue weighted by Crippen LogP contribution is -2.33. The number of halogens is 2. The Morgan fingerprint density at radius 3 is 2.25 bits per heavy atom. The Kier molecular flexibility index (Phi) is 7.66. The summed E-state index contributed by atoms with van der Waals surface area (Å²) in [6.45, 7) is -0.488. The van der Waals surface area contributed by atoms with Gasteiger partial charge in [0.2, 0.25) is 10.0 Å². The van der Waals surface area contributed by atoms with Crippen LogP contribution in [-0.2, 0) is 21.2 Å². The Bertz CT molecular complexity index is 1210. The zero-order chi connectivity index (χ0) is 23.3. The van der Waals surface area contributed by atoms with Crippen molar-refractivity contribution in [3.05, 3.63) is 81.8 Å². The highest BCUT2D eigenvalue weighted by Crippen LogP contribution is 2.35. The predicted molar refractivity (Wildman–Crippen MR) is 126 cm³/mol. The first kappa shape index (κ1) is 23.9. The molecule has 0 saturated heterocycles. The lowest BCUT2D eigenvalue weighted by molar-refractivity contribution is -0.121. The van der Waals surface area contributed by atoms with Crippen LogP contribution in [0.5, 0.6) is 11.5 Å². The molecule has 0 heterocycles. The second kappa shape index (κ2) is 10.3. The summed E-state index contributed by atoms with van der Waals surface area (Å²) >= 11 is 12.9. The number of benzene rings is 3. The van der Waals surface area contributed by atoms with Crippen molar-refractivity contribution in [3.8, 4) is 22.6 Å². The van der Waals surface area contributed by atoms with Gasteiger partial charge in [-0.3, -0.25) is 9.52 Å². The number of carbonyl (C=O) groups excluding carboxylic acids is 1. The van der Waals surface area contributed by atoms with Crippen LogP contribution in [0.15, 0.2) is 60.7 Å². The van der Waals surface area contributed by atoms with Crippen LogP contribution in [0.25, 0.3) is 11.1 Å². The molecular weight excluding hydrogens is 473 g/mol. The van der Waals surface area contributed by atoms with Crippen LogP contribution in [0.1, 0.15) is 11.1 Å². The largest absolute Gasteiger partial charge is 0.496 e. The fourth-order valence-corrected chi connectivity index (χ4v) is 4.20. The summed E-state index contributed by atoms with van der Waals surface area (Å²) in [5, 5.41) is 0.737. The van der Waals surface area contributed by atoms with Crippen LogP contribution >= 0.6 is 23.2 Å². The molecule has 0 bridgehead atoms. The van der Waals surface area contributed by atoms with Gasteiger partial charge in [-0.2, -0.15) is 0 Å². The number of carbonyl (C=O) groups is 1. The highest BCUT2D eigenvalue weighted by molar-refractivity contribution is 7.89. The van der Waals surface area contributed by atoms with Crippen molar-refractivity contribution in [1.29, 1.82) is 0 Å². The Labute approximate surface area is 197 Å². The van der Waals surface area contributed by atoms with E-state index in [1.807, 2.05) is 53.3 Å². The average molecular weight is 494 g/mol. The molecule has 1 amide bonds. The quantitative estimate of drug-likeness (QED) is 0.491. The number of rotatable bonds is 8. The van der Waals surface area contributed by atoms with Gasteiger partial charge in [0.05, 0.1) is 13.4 Å². The smallest absolute Gasteiger partial charge is 0.271 e. The Morgan fingerprint density at radius 1 is 1.00 bits per heavy atom. The van der Waals surface area contributed by atoms with Gasteiger partial charge in [0.25, 0.3) is 5.91 Å². The van der Waals surface area contributed by atoms with Crippen LogP contribution in [0.4, 0.5) is 0 Å². The molecule has 168 valence electrons. The van der Waals surface area contributed by atoms with E-state index in [-0.39, 0.29) is 5.75 Å². The van der Waals surface area contributed by atoms with E-state index < -0.39 is 22.5 Å². The van der Waals surface area contributed by atoms with Crippen LogP contribution in [0.3, 0.4) is 0 Å². The van der Waals surface area contributed by atoms with E-state index in [0.29, 0.717) is 22.0 Å². The Hall–Kier alpha value is -2.74. The number of sulfonamides is 1. The minimum Gasteiger partial charge on any atom is -0.496 e. The van der Waals surface area contributed by atoms with Crippen molar-refractivity contribution >= 4 is 39.1 Å². The van der Waals surface area contributed by atoms with Crippen LogP contribution in [0, 0.1) is 0 Å². The first-order valence-electron chi connectivity index (χ1n) is 9.50. The van der Waals surface area contributed by atoms with E-state index in [4.69, 9.17) is 32.7 Å². The summed E-state index contributed by atoms with van der Waals surface area (Å²) in [7, 11) is -2.03. The molecule has 0 aliphatic rings. The van der Waals surface area contributed by atoms with Crippen molar-refractivity contribution < 1.29 is 22.7 Å². The Balaban J connectivity index is 1.80. The molecule has 6 nitrogen and oxygen atoms in total. The second-order valence-electron chi connectivity index (χ2n) is 7.03. The number of hydrogen-bond donors (Lipinski definition) is 1. The maximum absolute atomic E-state index is 11.6. The van der Waals surface area contributed by atoms with E-state index in [0.717, 1.165) is 28.7 Å². The van der Waals surface area contributed by atoms with E-state index in [2.05, 4.69) is 0 Å². The van der Waals surface area contributed by atoms with Gasteiger partial charge in [-0.05, 0) is 41.0 Å². The fraction of sp³-hybridized carbons (Fsp3) is 0.174.